The van der Waals surface area contributed by atoms with E-state index in [0.717, 1.165) is 5.56 Å². The highest BCUT2D eigenvalue weighted by molar-refractivity contribution is 9.10. The van der Waals surface area contributed by atoms with E-state index in [1.165, 1.54) is 10.7 Å². The molecule has 106 valence electrons. The standard InChI is InChI=1S/C13H14BrFN4O/c1-6-4-8(14)9(15)5-10(6)17-13(20)12-11(16)7(2)18-19(12)3/h4-5H,16H2,1-3H3,(H,17,20). The minimum absolute atomic E-state index is 0.255. The lowest BCUT2D eigenvalue weighted by Gasteiger charge is -2.10. The molecule has 0 spiro atoms. The Morgan fingerprint density at radius 2 is 2.10 bits per heavy atom. The van der Waals surface area contributed by atoms with Gasteiger partial charge in [-0.15, -0.1) is 0 Å². The molecule has 0 bridgehead atoms. The molecule has 0 aliphatic carbocycles. The fourth-order valence-electron chi connectivity index (χ4n) is 1.91. The number of nitrogen functional groups attached to an aromatic ring is 1. The Balaban J connectivity index is 2.35. The van der Waals surface area contributed by atoms with Crippen LogP contribution in [0.3, 0.4) is 0 Å². The summed E-state index contributed by atoms with van der Waals surface area (Å²) in [6.07, 6.45) is 0. The van der Waals surface area contributed by atoms with Crippen LogP contribution in [0.1, 0.15) is 21.7 Å². The molecule has 0 aliphatic rings. The van der Waals surface area contributed by atoms with Crippen molar-refractivity contribution in [3.8, 4) is 0 Å². The summed E-state index contributed by atoms with van der Waals surface area (Å²) >= 11 is 3.10. The zero-order valence-electron chi connectivity index (χ0n) is 11.3. The molecule has 3 N–H and O–H groups in total. The molecule has 2 aromatic rings. The van der Waals surface area contributed by atoms with Crippen molar-refractivity contribution >= 4 is 33.2 Å². The van der Waals surface area contributed by atoms with E-state index in [1.54, 1.807) is 27.0 Å². The summed E-state index contributed by atoms with van der Waals surface area (Å²) in [6, 6.07) is 2.86. The highest BCUT2D eigenvalue weighted by Crippen LogP contribution is 2.25. The van der Waals surface area contributed by atoms with E-state index >= 15 is 0 Å². The SMILES string of the molecule is Cc1cc(Br)c(F)cc1NC(=O)c1c(N)c(C)nn1C. The zero-order valence-corrected chi connectivity index (χ0v) is 12.9. The molecule has 20 heavy (non-hydrogen) atoms. The minimum atomic E-state index is -0.444. The lowest BCUT2D eigenvalue weighted by atomic mass is 10.2. The summed E-state index contributed by atoms with van der Waals surface area (Å²) in [6.45, 7) is 3.49. The van der Waals surface area contributed by atoms with E-state index in [4.69, 9.17) is 5.73 Å². The Hall–Kier alpha value is -1.89. The monoisotopic (exact) mass is 340 g/mol. The number of halogens is 2. The summed E-state index contributed by atoms with van der Waals surface area (Å²) in [5, 5.41) is 6.73. The number of benzene rings is 1. The van der Waals surface area contributed by atoms with Crippen LogP contribution in [-0.4, -0.2) is 15.7 Å². The van der Waals surface area contributed by atoms with Crippen molar-refractivity contribution in [1.29, 1.82) is 0 Å². The van der Waals surface area contributed by atoms with Crippen LogP contribution >= 0.6 is 15.9 Å². The van der Waals surface area contributed by atoms with Gasteiger partial charge in [0.05, 0.1) is 15.9 Å². The number of anilines is 2. The third-order valence-corrected chi connectivity index (χ3v) is 3.61. The van der Waals surface area contributed by atoms with Crippen LogP contribution in [0.4, 0.5) is 15.8 Å². The first-order valence-corrected chi connectivity index (χ1v) is 6.66. The average molecular weight is 341 g/mol. The molecule has 1 aromatic heterocycles. The number of carbonyl (C=O) groups is 1. The molecule has 0 aliphatic heterocycles. The summed E-state index contributed by atoms with van der Waals surface area (Å²) in [5.41, 5.74) is 8.12. The van der Waals surface area contributed by atoms with Gasteiger partial charge >= 0.3 is 0 Å². The number of aryl methyl sites for hydroxylation is 3. The van der Waals surface area contributed by atoms with E-state index in [9.17, 15) is 9.18 Å². The number of hydrogen-bond acceptors (Lipinski definition) is 3. The molecule has 0 fully saturated rings. The van der Waals surface area contributed by atoms with Crippen molar-refractivity contribution < 1.29 is 9.18 Å². The number of nitrogens with zero attached hydrogens (tertiary/aromatic N) is 2. The third kappa shape index (κ3) is 2.53. The maximum atomic E-state index is 13.5. The van der Waals surface area contributed by atoms with Crippen LogP contribution in [0.5, 0.6) is 0 Å². The van der Waals surface area contributed by atoms with Crippen LogP contribution in [0.15, 0.2) is 16.6 Å². The van der Waals surface area contributed by atoms with E-state index in [0.29, 0.717) is 21.5 Å². The van der Waals surface area contributed by atoms with Gasteiger partial charge in [0.2, 0.25) is 0 Å². The van der Waals surface area contributed by atoms with E-state index in [2.05, 4.69) is 26.3 Å². The van der Waals surface area contributed by atoms with Crippen LogP contribution in [0, 0.1) is 19.7 Å². The van der Waals surface area contributed by atoms with Crippen molar-refractivity contribution in [3.63, 3.8) is 0 Å². The zero-order chi connectivity index (χ0) is 15.0. The van der Waals surface area contributed by atoms with Gasteiger partial charge in [-0.05, 0) is 47.5 Å². The Morgan fingerprint density at radius 3 is 2.65 bits per heavy atom. The van der Waals surface area contributed by atoms with Crippen molar-refractivity contribution in [1.82, 2.24) is 9.78 Å². The number of nitrogens with one attached hydrogen (secondary N) is 1. The summed E-state index contributed by atoms with van der Waals surface area (Å²) < 4.78 is 15.3. The number of carbonyl (C=O) groups excluding carboxylic acids is 1. The highest BCUT2D eigenvalue weighted by atomic mass is 79.9. The molecule has 0 atom stereocenters. The lowest BCUT2D eigenvalue weighted by Crippen LogP contribution is -2.18. The number of hydrogen-bond donors (Lipinski definition) is 2. The summed E-state index contributed by atoms with van der Waals surface area (Å²) in [4.78, 5) is 12.2. The van der Waals surface area contributed by atoms with Gasteiger partial charge in [-0.1, -0.05) is 0 Å². The van der Waals surface area contributed by atoms with Gasteiger partial charge < -0.3 is 11.1 Å². The average Bonchev–Trinajstić information content (AvgIpc) is 2.60. The fourth-order valence-corrected chi connectivity index (χ4v) is 2.36. The second-order valence-corrected chi connectivity index (χ2v) is 5.36. The van der Waals surface area contributed by atoms with Crippen LogP contribution < -0.4 is 11.1 Å². The van der Waals surface area contributed by atoms with Gasteiger partial charge in [0, 0.05) is 12.7 Å². The molecule has 2 rings (SSSR count). The molecular weight excluding hydrogens is 327 g/mol. The maximum absolute atomic E-state index is 13.5. The van der Waals surface area contributed by atoms with Crippen molar-refractivity contribution in [2.24, 2.45) is 7.05 Å². The van der Waals surface area contributed by atoms with Crippen LogP contribution in [0.25, 0.3) is 0 Å². The smallest absolute Gasteiger partial charge is 0.276 e. The number of rotatable bonds is 2. The number of amides is 1. The minimum Gasteiger partial charge on any atom is -0.395 e. The van der Waals surface area contributed by atoms with Gasteiger partial charge in [-0.25, -0.2) is 4.39 Å². The van der Waals surface area contributed by atoms with Gasteiger partial charge in [0.1, 0.15) is 11.5 Å². The van der Waals surface area contributed by atoms with Crippen molar-refractivity contribution in [2.75, 3.05) is 11.1 Å². The molecule has 0 saturated carbocycles. The third-order valence-electron chi connectivity index (χ3n) is 3.00. The molecule has 1 aromatic carbocycles. The lowest BCUT2D eigenvalue weighted by molar-refractivity contribution is 0.101. The summed E-state index contributed by atoms with van der Waals surface area (Å²) in [5.74, 6) is -0.865. The van der Waals surface area contributed by atoms with E-state index in [-0.39, 0.29) is 5.69 Å². The molecular formula is C13H14BrFN4O. The van der Waals surface area contributed by atoms with Gasteiger partial charge in [0.25, 0.3) is 5.91 Å². The first-order valence-electron chi connectivity index (χ1n) is 5.87. The first kappa shape index (κ1) is 14.5. The number of aromatic nitrogens is 2. The molecule has 7 heteroatoms. The predicted molar refractivity (Wildman–Crippen MR) is 79.1 cm³/mol. The second-order valence-electron chi connectivity index (χ2n) is 4.51. The highest BCUT2D eigenvalue weighted by Gasteiger charge is 2.19. The van der Waals surface area contributed by atoms with Gasteiger partial charge in [-0.3, -0.25) is 9.48 Å². The van der Waals surface area contributed by atoms with Gasteiger partial charge in [-0.2, -0.15) is 5.10 Å². The Labute approximate surface area is 124 Å². The summed E-state index contributed by atoms with van der Waals surface area (Å²) in [7, 11) is 1.63. The van der Waals surface area contributed by atoms with Crippen molar-refractivity contribution in [2.45, 2.75) is 13.8 Å². The second kappa shape index (κ2) is 5.24. The normalized spacial score (nSPS) is 10.7. The van der Waals surface area contributed by atoms with Crippen LogP contribution in [-0.2, 0) is 7.05 Å². The van der Waals surface area contributed by atoms with Crippen LogP contribution in [0.2, 0.25) is 0 Å². The molecule has 1 heterocycles. The fraction of sp³-hybridized carbons (Fsp3) is 0.231. The van der Waals surface area contributed by atoms with E-state index < -0.39 is 11.7 Å². The first-order chi connectivity index (χ1) is 9.31. The number of nitrogens with two attached hydrogens (primary N) is 1. The topological polar surface area (TPSA) is 72.9 Å². The van der Waals surface area contributed by atoms with Gasteiger partial charge in [0.15, 0.2) is 0 Å². The Morgan fingerprint density at radius 1 is 1.45 bits per heavy atom. The maximum Gasteiger partial charge on any atom is 0.276 e. The largest absolute Gasteiger partial charge is 0.395 e. The molecule has 0 radical (unpaired) electrons. The van der Waals surface area contributed by atoms with E-state index in [1.807, 2.05) is 0 Å². The molecule has 5 nitrogen and oxygen atoms in total. The molecule has 1 amide bonds. The Bertz CT molecular complexity index is 696. The Kier molecular flexibility index (Phi) is 3.80. The van der Waals surface area contributed by atoms with Crippen molar-refractivity contribution in [3.05, 3.63) is 39.4 Å². The molecule has 0 saturated heterocycles. The quantitative estimate of drug-likeness (QED) is 0.882. The molecule has 0 unspecified atom stereocenters. The predicted octanol–water partition coefficient (Wildman–Crippen LogP) is 2.77.